The third-order valence-electron chi connectivity index (χ3n) is 6.54. The monoisotopic (exact) mass is 545 g/mol. The van der Waals surface area contributed by atoms with Gasteiger partial charge in [0, 0.05) is 37.3 Å². The Balaban J connectivity index is 2.69. The molecule has 39 heavy (non-hydrogen) atoms. The molecule has 1 aromatic rings. The van der Waals surface area contributed by atoms with Crippen LogP contribution in [0.2, 0.25) is 0 Å². The maximum Gasteiger partial charge on any atom is 0.405 e. The smallest absolute Gasteiger partial charge is 0.405 e. The van der Waals surface area contributed by atoms with Gasteiger partial charge in [0.1, 0.15) is 17.6 Å². The minimum Gasteiger partial charge on any atom is -0.506 e. The van der Waals surface area contributed by atoms with E-state index in [4.69, 9.17) is 25.7 Å². The van der Waals surface area contributed by atoms with Gasteiger partial charge in [-0.1, -0.05) is 36.8 Å². The molecule has 0 fully saturated rings. The molecule has 11 nitrogen and oxygen atoms in total. The average Bonchev–Trinajstić information content (AvgIpc) is 2.88. The highest BCUT2D eigenvalue weighted by Gasteiger charge is 2.28. The van der Waals surface area contributed by atoms with Crippen LogP contribution >= 0.6 is 0 Å². The van der Waals surface area contributed by atoms with E-state index in [1.807, 2.05) is 0 Å². The molecule has 0 radical (unpaired) electrons. The molecule has 0 saturated carbocycles. The molecule has 5 atom stereocenters. The van der Waals surface area contributed by atoms with Crippen molar-refractivity contribution in [3.8, 4) is 11.5 Å². The lowest BCUT2D eigenvalue weighted by Crippen LogP contribution is -2.36. The van der Waals surface area contributed by atoms with Crippen molar-refractivity contribution in [1.29, 1.82) is 0 Å². The molecule has 1 aromatic carbocycles. The number of benzene rings is 1. The lowest BCUT2D eigenvalue weighted by atomic mass is 9.91. The maximum atomic E-state index is 12.8. The number of hydrogen-bond acceptors (Lipinski definition) is 9. The van der Waals surface area contributed by atoms with E-state index < -0.39 is 42.3 Å². The summed E-state index contributed by atoms with van der Waals surface area (Å²) < 4.78 is 16.4. The number of aliphatic hydroxyl groups excluding tert-OH is 1. The highest BCUT2D eigenvalue weighted by atomic mass is 16.6. The number of phenols is 2. The molecule has 11 heteroatoms. The molecule has 0 saturated heterocycles. The van der Waals surface area contributed by atoms with Crippen LogP contribution in [0, 0.1) is 5.92 Å². The molecular formula is C28H39N3O8. The van der Waals surface area contributed by atoms with Crippen LogP contribution in [-0.2, 0) is 19.0 Å². The van der Waals surface area contributed by atoms with E-state index in [1.165, 1.54) is 20.3 Å². The first-order chi connectivity index (χ1) is 18.3. The number of nitrogen functional groups attached to an aromatic ring is 1. The lowest BCUT2D eigenvalue weighted by Gasteiger charge is -2.28. The first-order valence-electron chi connectivity index (χ1n) is 12.4. The summed E-state index contributed by atoms with van der Waals surface area (Å²) in [4.78, 5) is 24.5. The van der Waals surface area contributed by atoms with Gasteiger partial charge in [-0.05, 0) is 38.8 Å². The van der Waals surface area contributed by atoms with Gasteiger partial charge in [0.15, 0.2) is 6.10 Å². The predicted octanol–water partition coefficient (Wildman–Crippen LogP) is 3.37. The molecule has 1 heterocycles. The van der Waals surface area contributed by atoms with Crippen LogP contribution in [0.4, 0.5) is 16.2 Å². The number of aromatic hydroxyl groups is 2. The molecule has 2 amide bonds. The number of primary amides is 1. The summed E-state index contributed by atoms with van der Waals surface area (Å²) >= 11 is 0. The minimum atomic E-state index is -1.000. The van der Waals surface area contributed by atoms with Crippen molar-refractivity contribution >= 4 is 29.5 Å². The molecule has 1 aliphatic rings. The normalized spacial score (nSPS) is 28.7. The minimum absolute atomic E-state index is 0.0399. The second-order valence-electron chi connectivity index (χ2n) is 9.60. The number of rotatable bonds is 3. The first-order valence-corrected chi connectivity index (χ1v) is 12.4. The molecule has 0 aliphatic carbocycles. The fraction of sp³-hybridized carbons (Fsp3) is 0.429. The number of hydrogen-bond donors (Lipinski definition) is 6. The van der Waals surface area contributed by atoms with Crippen LogP contribution in [0.5, 0.6) is 11.5 Å². The fourth-order valence-corrected chi connectivity index (χ4v) is 4.30. The zero-order valence-corrected chi connectivity index (χ0v) is 23.1. The van der Waals surface area contributed by atoms with Gasteiger partial charge in [-0.15, -0.1) is 0 Å². The molecule has 1 aliphatic heterocycles. The van der Waals surface area contributed by atoms with Crippen molar-refractivity contribution in [2.45, 2.75) is 58.5 Å². The SMILES string of the molecule is CO[C@H]1/C=C\C=C(/C)C(=O)Nc2cc(O)c(N)c(c2O)/C=C(/C)C[C@H](OC)[C@H](O)[C@@H](C)C=C(C)[C@@H]1OC(N)=O. The molecule has 214 valence electrons. The number of anilines is 2. The number of carbonyl (C=O) groups excluding carboxylic acids is 2. The summed E-state index contributed by atoms with van der Waals surface area (Å²) in [6.45, 7) is 6.83. The third-order valence-corrected chi connectivity index (χ3v) is 6.54. The zero-order valence-electron chi connectivity index (χ0n) is 23.1. The van der Waals surface area contributed by atoms with Crippen LogP contribution in [0.1, 0.15) is 39.7 Å². The second kappa shape index (κ2) is 13.8. The Morgan fingerprint density at radius 3 is 2.41 bits per heavy atom. The number of amides is 2. The molecule has 0 unspecified atom stereocenters. The van der Waals surface area contributed by atoms with Crippen molar-refractivity contribution in [3.05, 3.63) is 52.7 Å². The fourth-order valence-electron chi connectivity index (χ4n) is 4.30. The third kappa shape index (κ3) is 8.09. The molecule has 2 rings (SSSR count). The first kappa shape index (κ1) is 31.4. The highest BCUT2D eigenvalue weighted by molar-refractivity contribution is 6.05. The Morgan fingerprint density at radius 1 is 1.15 bits per heavy atom. The van der Waals surface area contributed by atoms with Crippen molar-refractivity contribution in [2.24, 2.45) is 11.7 Å². The summed E-state index contributed by atoms with van der Waals surface area (Å²) in [7, 11) is 2.90. The molecule has 8 N–H and O–H groups in total. The van der Waals surface area contributed by atoms with Crippen molar-refractivity contribution in [3.63, 3.8) is 0 Å². The Hall–Kier alpha value is -3.80. The standard InChI is InChI=1S/C28H39N3O8/c1-14-10-18-23(29)20(32)13-19(25(18)34)31-27(35)15(2)8-7-9-21(37-5)26(39-28(30)36)17(4)12-16(3)24(33)22(11-14)38-6/h7-10,12-13,16,21-22,24,26,32-34H,11,29H2,1-6H3,(H2,30,36)(H,31,35)/b9-7-,14-10-,15-8+,17-12?/t16-,21-,22-,24+,26-/m0/s1. The van der Waals surface area contributed by atoms with Gasteiger partial charge in [-0.3, -0.25) is 4.79 Å². The number of nitrogens with one attached hydrogen (secondary N) is 1. The Bertz CT molecular complexity index is 1190. The van der Waals surface area contributed by atoms with E-state index in [9.17, 15) is 24.9 Å². The Morgan fingerprint density at radius 2 is 1.82 bits per heavy atom. The molecular weight excluding hydrogens is 506 g/mol. The number of phenolic OH excluding ortho intramolecular Hbond substituents is 2. The summed E-state index contributed by atoms with van der Waals surface area (Å²) in [6.07, 6.45) is 3.89. The van der Waals surface area contributed by atoms with Gasteiger partial charge in [-0.25, -0.2) is 4.79 Å². The van der Waals surface area contributed by atoms with E-state index in [0.717, 1.165) is 6.07 Å². The van der Waals surface area contributed by atoms with E-state index in [-0.39, 0.29) is 40.4 Å². The summed E-state index contributed by atoms with van der Waals surface area (Å²) in [6, 6.07) is 1.16. The lowest BCUT2D eigenvalue weighted by molar-refractivity contribution is -0.112. The summed E-state index contributed by atoms with van der Waals surface area (Å²) in [5.41, 5.74) is 12.9. The molecule has 0 aromatic heterocycles. The number of fused-ring (bicyclic) bond motifs is 2. The van der Waals surface area contributed by atoms with Gasteiger partial charge in [0.05, 0.1) is 23.6 Å². The highest BCUT2D eigenvalue weighted by Crippen LogP contribution is 2.40. The Labute approximate surface area is 228 Å². The van der Waals surface area contributed by atoms with Crippen LogP contribution in [0.3, 0.4) is 0 Å². The summed E-state index contributed by atoms with van der Waals surface area (Å²) in [5, 5.41) is 34.9. The van der Waals surface area contributed by atoms with Crippen LogP contribution in [0.25, 0.3) is 6.08 Å². The van der Waals surface area contributed by atoms with Crippen molar-refractivity contribution in [2.75, 3.05) is 25.3 Å². The van der Waals surface area contributed by atoms with Crippen LogP contribution in [-0.4, -0.2) is 66.0 Å². The average molecular weight is 546 g/mol. The van der Waals surface area contributed by atoms with E-state index >= 15 is 0 Å². The van der Waals surface area contributed by atoms with E-state index in [2.05, 4.69) is 5.32 Å². The van der Waals surface area contributed by atoms with Crippen molar-refractivity contribution in [1.82, 2.24) is 0 Å². The number of methoxy groups -OCH3 is 2. The van der Waals surface area contributed by atoms with Crippen LogP contribution < -0.4 is 16.8 Å². The topological polar surface area (TPSA) is 187 Å². The number of carbonyl (C=O) groups is 2. The number of nitrogens with two attached hydrogens (primary N) is 2. The van der Waals surface area contributed by atoms with Gasteiger partial charge in [0.25, 0.3) is 5.91 Å². The van der Waals surface area contributed by atoms with Crippen molar-refractivity contribution < 1.29 is 39.1 Å². The van der Waals surface area contributed by atoms with Gasteiger partial charge >= 0.3 is 6.09 Å². The van der Waals surface area contributed by atoms with E-state index in [0.29, 0.717) is 11.1 Å². The number of allylic oxidation sites excluding steroid dienone is 2. The molecule has 2 bridgehead atoms. The van der Waals surface area contributed by atoms with Gasteiger partial charge < -0.3 is 46.3 Å². The maximum absolute atomic E-state index is 12.8. The largest absolute Gasteiger partial charge is 0.506 e. The number of aliphatic hydroxyl groups is 1. The van der Waals surface area contributed by atoms with Gasteiger partial charge in [0.2, 0.25) is 0 Å². The Kier molecular flexibility index (Phi) is 11.1. The molecule has 0 spiro atoms. The quantitative estimate of drug-likeness (QED) is 0.143. The zero-order chi connectivity index (χ0) is 29.4. The second-order valence-corrected chi connectivity index (χ2v) is 9.60. The number of ether oxygens (including phenoxy) is 3. The predicted molar refractivity (Wildman–Crippen MR) is 149 cm³/mol. The van der Waals surface area contributed by atoms with Crippen LogP contribution in [0.15, 0.2) is 47.1 Å². The van der Waals surface area contributed by atoms with E-state index in [1.54, 1.807) is 52.0 Å². The van der Waals surface area contributed by atoms with Gasteiger partial charge in [-0.2, -0.15) is 0 Å². The summed E-state index contributed by atoms with van der Waals surface area (Å²) in [5.74, 6) is -1.64.